The van der Waals surface area contributed by atoms with Gasteiger partial charge in [0.2, 0.25) is 5.91 Å². The van der Waals surface area contributed by atoms with E-state index in [2.05, 4.69) is 10.2 Å². The van der Waals surface area contributed by atoms with Crippen molar-refractivity contribution < 1.29 is 14.3 Å². The first-order valence-electron chi connectivity index (χ1n) is 6.95. The number of methoxy groups -OCH3 is 1. The Morgan fingerprint density at radius 3 is 2.76 bits per heavy atom. The minimum absolute atomic E-state index is 0.0257. The maximum atomic E-state index is 11.6. The molecule has 1 rings (SSSR count). The van der Waals surface area contributed by atoms with Crippen molar-refractivity contribution in [1.29, 1.82) is 0 Å². The third kappa shape index (κ3) is 7.90. The van der Waals surface area contributed by atoms with Gasteiger partial charge in [-0.1, -0.05) is 23.7 Å². The zero-order valence-corrected chi connectivity index (χ0v) is 13.4. The predicted octanol–water partition coefficient (Wildman–Crippen LogP) is 1.80. The summed E-state index contributed by atoms with van der Waals surface area (Å²) >= 11 is 5.96. The van der Waals surface area contributed by atoms with Crippen LogP contribution < -0.4 is 10.1 Å². The summed E-state index contributed by atoms with van der Waals surface area (Å²) in [6.45, 7) is 3.26. The van der Waals surface area contributed by atoms with Gasteiger partial charge in [0, 0.05) is 26.7 Å². The number of amides is 1. The molecule has 1 N–H and O–H groups in total. The first-order valence-corrected chi connectivity index (χ1v) is 7.32. The summed E-state index contributed by atoms with van der Waals surface area (Å²) in [5.41, 5.74) is 0. The van der Waals surface area contributed by atoms with Gasteiger partial charge in [0.05, 0.1) is 24.7 Å². The van der Waals surface area contributed by atoms with E-state index < -0.39 is 0 Å². The van der Waals surface area contributed by atoms with Gasteiger partial charge < -0.3 is 19.7 Å². The maximum absolute atomic E-state index is 11.6. The molecule has 0 unspecified atom stereocenters. The molecular weight excluding hydrogens is 292 g/mol. The number of carbonyl (C=O) groups excluding carboxylic acids is 1. The Bertz CT molecular complexity index is 429. The summed E-state index contributed by atoms with van der Waals surface area (Å²) in [7, 11) is 3.67. The molecule has 0 atom stereocenters. The smallest absolute Gasteiger partial charge is 0.223 e. The van der Waals surface area contributed by atoms with E-state index in [0.717, 1.165) is 13.1 Å². The normalized spacial score (nSPS) is 10.7. The lowest BCUT2D eigenvalue weighted by atomic mass is 10.3. The quantitative estimate of drug-likeness (QED) is 0.715. The van der Waals surface area contributed by atoms with Crippen molar-refractivity contribution in [3.05, 3.63) is 29.3 Å². The van der Waals surface area contributed by atoms with E-state index in [-0.39, 0.29) is 5.91 Å². The lowest BCUT2D eigenvalue weighted by Crippen LogP contribution is -2.34. The van der Waals surface area contributed by atoms with Crippen LogP contribution in [0.4, 0.5) is 0 Å². The van der Waals surface area contributed by atoms with Crippen LogP contribution in [0.5, 0.6) is 5.75 Å². The van der Waals surface area contributed by atoms with E-state index in [4.69, 9.17) is 21.1 Å². The highest BCUT2D eigenvalue weighted by molar-refractivity contribution is 6.32. The molecule has 0 bridgehead atoms. The van der Waals surface area contributed by atoms with E-state index in [1.165, 1.54) is 0 Å². The zero-order chi connectivity index (χ0) is 15.5. The molecule has 1 aromatic carbocycles. The van der Waals surface area contributed by atoms with Gasteiger partial charge in [0.15, 0.2) is 0 Å². The number of rotatable bonds is 10. The van der Waals surface area contributed by atoms with Crippen LogP contribution in [0.3, 0.4) is 0 Å². The Morgan fingerprint density at radius 2 is 2.05 bits per heavy atom. The highest BCUT2D eigenvalue weighted by atomic mass is 35.5. The first-order chi connectivity index (χ1) is 10.1. The molecule has 0 heterocycles. The van der Waals surface area contributed by atoms with Crippen LogP contribution in [0.15, 0.2) is 24.3 Å². The van der Waals surface area contributed by atoms with E-state index >= 15 is 0 Å². The number of carbonyl (C=O) groups is 1. The monoisotopic (exact) mass is 314 g/mol. The van der Waals surface area contributed by atoms with Crippen LogP contribution in [-0.4, -0.2) is 57.8 Å². The molecule has 0 saturated carbocycles. The van der Waals surface area contributed by atoms with Crippen molar-refractivity contribution in [3.63, 3.8) is 0 Å². The number of para-hydroxylation sites is 1. The minimum Gasteiger partial charge on any atom is -0.491 e. The second-order valence-electron chi connectivity index (χ2n) is 4.67. The molecule has 1 aromatic rings. The summed E-state index contributed by atoms with van der Waals surface area (Å²) in [6, 6.07) is 7.22. The number of nitrogens with zero attached hydrogens (tertiary/aromatic N) is 1. The van der Waals surface area contributed by atoms with Crippen LogP contribution >= 0.6 is 11.6 Å². The van der Waals surface area contributed by atoms with Gasteiger partial charge in [-0.3, -0.25) is 4.79 Å². The Morgan fingerprint density at radius 1 is 1.29 bits per heavy atom. The fourth-order valence-corrected chi connectivity index (χ4v) is 1.84. The number of hydrogen-bond acceptors (Lipinski definition) is 4. The van der Waals surface area contributed by atoms with Gasteiger partial charge in [-0.05, 0) is 19.2 Å². The molecule has 0 radical (unpaired) electrons. The zero-order valence-electron chi connectivity index (χ0n) is 12.6. The number of ether oxygens (including phenoxy) is 2. The summed E-state index contributed by atoms with van der Waals surface area (Å²) in [6.07, 6.45) is 0.313. The molecule has 0 aromatic heterocycles. The standard InChI is InChI=1S/C15H23ClN2O3/c1-18(10-12-20-2)9-8-17-15(19)7-11-21-14-6-4-3-5-13(14)16/h3-6H,7-12H2,1-2H3,(H,17,19). The lowest BCUT2D eigenvalue weighted by Gasteiger charge is -2.16. The number of nitrogens with one attached hydrogen (secondary N) is 1. The Labute approximate surface area is 131 Å². The molecule has 118 valence electrons. The van der Waals surface area contributed by atoms with Crippen molar-refractivity contribution in [2.75, 3.05) is 47.0 Å². The van der Waals surface area contributed by atoms with Gasteiger partial charge in [-0.2, -0.15) is 0 Å². The molecule has 1 amide bonds. The second kappa shape index (κ2) is 10.4. The van der Waals surface area contributed by atoms with Gasteiger partial charge in [-0.15, -0.1) is 0 Å². The number of likely N-dealkylation sites (N-methyl/N-ethyl adjacent to an activating group) is 1. The summed E-state index contributed by atoms with van der Waals surface area (Å²) in [5, 5.41) is 3.41. The predicted molar refractivity (Wildman–Crippen MR) is 83.9 cm³/mol. The molecule has 0 aliphatic rings. The summed E-state index contributed by atoms with van der Waals surface area (Å²) in [4.78, 5) is 13.7. The van der Waals surface area contributed by atoms with Gasteiger partial charge in [-0.25, -0.2) is 0 Å². The topological polar surface area (TPSA) is 50.8 Å². The maximum Gasteiger partial charge on any atom is 0.223 e. The van der Waals surface area contributed by atoms with Crippen LogP contribution in [0, 0.1) is 0 Å². The average Bonchev–Trinajstić information content (AvgIpc) is 2.47. The lowest BCUT2D eigenvalue weighted by molar-refractivity contribution is -0.121. The van der Waals surface area contributed by atoms with Crippen molar-refractivity contribution in [2.45, 2.75) is 6.42 Å². The molecule has 0 fully saturated rings. The van der Waals surface area contributed by atoms with E-state index in [9.17, 15) is 4.79 Å². The van der Waals surface area contributed by atoms with Crippen molar-refractivity contribution in [2.24, 2.45) is 0 Å². The molecule has 21 heavy (non-hydrogen) atoms. The van der Waals surface area contributed by atoms with Crippen LogP contribution in [0.1, 0.15) is 6.42 Å². The first kappa shape index (κ1) is 17.8. The van der Waals surface area contributed by atoms with Crippen LogP contribution in [-0.2, 0) is 9.53 Å². The van der Waals surface area contributed by atoms with Crippen LogP contribution in [0.2, 0.25) is 5.02 Å². The number of hydrogen-bond donors (Lipinski definition) is 1. The third-order valence-electron chi connectivity index (χ3n) is 2.92. The molecular formula is C15H23ClN2O3. The SMILES string of the molecule is COCCN(C)CCNC(=O)CCOc1ccccc1Cl. The highest BCUT2D eigenvalue weighted by Gasteiger charge is 2.04. The Hall–Kier alpha value is -1.30. The molecule has 0 spiro atoms. The fraction of sp³-hybridized carbons (Fsp3) is 0.533. The Kier molecular flexibility index (Phi) is 8.82. The van der Waals surface area contributed by atoms with Crippen LogP contribution in [0.25, 0.3) is 0 Å². The van der Waals surface area contributed by atoms with Gasteiger partial charge >= 0.3 is 0 Å². The van der Waals surface area contributed by atoms with E-state index in [1.807, 2.05) is 19.2 Å². The summed E-state index contributed by atoms with van der Waals surface area (Å²) < 4.78 is 10.5. The molecule has 0 aliphatic carbocycles. The van der Waals surface area contributed by atoms with E-state index in [0.29, 0.717) is 37.0 Å². The van der Waals surface area contributed by atoms with Crippen molar-refractivity contribution in [1.82, 2.24) is 10.2 Å². The highest BCUT2D eigenvalue weighted by Crippen LogP contribution is 2.22. The summed E-state index contributed by atoms with van der Waals surface area (Å²) in [5.74, 6) is 0.577. The second-order valence-corrected chi connectivity index (χ2v) is 5.08. The third-order valence-corrected chi connectivity index (χ3v) is 3.23. The van der Waals surface area contributed by atoms with Gasteiger partial charge in [0.1, 0.15) is 5.75 Å². The number of benzene rings is 1. The molecule has 6 heteroatoms. The Balaban J connectivity index is 2.10. The van der Waals surface area contributed by atoms with Gasteiger partial charge in [0.25, 0.3) is 0 Å². The van der Waals surface area contributed by atoms with E-state index in [1.54, 1.807) is 19.2 Å². The number of halogens is 1. The van der Waals surface area contributed by atoms with Crippen molar-refractivity contribution >= 4 is 17.5 Å². The fourth-order valence-electron chi connectivity index (χ4n) is 1.65. The minimum atomic E-state index is -0.0257. The average molecular weight is 315 g/mol. The molecule has 0 saturated heterocycles. The largest absolute Gasteiger partial charge is 0.491 e. The molecule has 0 aliphatic heterocycles. The molecule has 5 nitrogen and oxygen atoms in total. The van der Waals surface area contributed by atoms with Crippen molar-refractivity contribution in [3.8, 4) is 5.75 Å².